The molecule has 1 heterocycles. The molecule has 7 nitrogen and oxygen atoms in total. The number of halogens is 2. The van der Waals surface area contributed by atoms with Gasteiger partial charge in [-0.1, -0.05) is 23.2 Å². The van der Waals surface area contributed by atoms with E-state index >= 15 is 0 Å². The van der Waals surface area contributed by atoms with Gasteiger partial charge in [-0.25, -0.2) is 4.99 Å². The fourth-order valence-electron chi connectivity index (χ4n) is 3.54. The SMILES string of the molecule is CC(=Nc1c(C)cc(C(N)=O)cc1C)C(=O)c1c(Cl)ccc(C(=O)N2CCOCC2)c1Cl. The third kappa shape index (κ3) is 4.85. The van der Waals surface area contributed by atoms with Crippen LogP contribution in [0.3, 0.4) is 0 Å². The number of Topliss-reactive ketones (excluding diaryl/α,β-unsaturated/α-hetero) is 1. The van der Waals surface area contributed by atoms with Crippen molar-refractivity contribution in [2.45, 2.75) is 20.8 Å². The molecule has 9 heteroatoms. The Morgan fingerprint density at radius 1 is 1.06 bits per heavy atom. The number of amides is 2. The van der Waals surface area contributed by atoms with E-state index in [9.17, 15) is 14.4 Å². The number of nitrogens with zero attached hydrogens (tertiary/aromatic N) is 2. The second-order valence-electron chi connectivity index (χ2n) is 7.54. The molecule has 2 amide bonds. The largest absolute Gasteiger partial charge is 0.378 e. The van der Waals surface area contributed by atoms with Crippen LogP contribution in [0.15, 0.2) is 29.3 Å². The number of aliphatic imine (C=N–C) groups is 1. The van der Waals surface area contributed by atoms with E-state index in [1.54, 1.807) is 37.8 Å². The van der Waals surface area contributed by atoms with Crippen molar-refractivity contribution in [2.75, 3.05) is 26.3 Å². The average molecular weight is 476 g/mol. The molecular formula is C23H23Cl2N3O4. The monoisotopic (exact) mass is 475 g/mol. The first-order valence-corrected chi connectivity index (χ1v) is 10.7. The first-order valence-electron chi connectivity index (χ1n) is 9.98. The number of ketones is 1. The van der Waals surface area contributed by atoms with Gasteiger partial charge < -0.3 is 15.4 Å². The molecule has 0 saturated carbocycles. The van der Waals surface area contributed by atoms with Crippen molar-refractivity contribution in [3.63, 3.8) is 0 Å². The molecule has 2 aromatic carbocycles. The molecule has 3 rings (SSSR count). The summed E-state index contributed by atoms with van der Waals surface area (Å²) in [4.78, 5) is 43.7. The van der Waals surface area contributed by atoms with Gasteiger partial charge in [0.1, 0.15) is 0 Å². The standard InChI is InChI=1S/C23H23Cl2N3O4/c1-12-10-15(22(26)30)11-13(2)20(12)27-14(3)21(29)18-17(24)5-4-16(19(18)25)23(31)28-6-8-32-9-7-28/h4-5,10-11H,6-9H2,1-3H3,(H2,26,30). The zero-order valence-corrected chi connectivity index (χ0v) is 19.5. The predicted octanol–water partition coefficient (Wildman–Crippen LogP) is 4.16. The fourth-order valence-corrected chi connectivity index (χ4v) is 4.16. The third-order valence-corrected chi connectivity index (χ3v) is 5.94. The van der Waals surface area contributed by atoms with Crippen molar-refractivity contribution in [1.82, 2.24) is 4.90 Å². The Labute approximate surface area is 196 Å². The Bertz CT molecular complexity index is 1120. The number of ether oxygens (including phenoxy) is 1. The van der Waals surface area contributed by atoms with Gasteiger partial charge in [0.2, 0.25) is 11.7 Å². The molecule has 0 spiro atoms. The normalized spacial score (nSPS) is 14.4. The Morgan fingerprint density at radius 3 is 2.22 bits per heavy atom. The molecule has 0 aliphatic carbocycles. The Kier molecular flexibility index (Phi) is 7.33. The van der Waals surface area contributed by atoms with Crippen molar-refractivity contribution in [3.05, 3.63) is 62.1 Å². The molecule has 0 radical (unpaired) electrons. The Morgan fingerprint density at radius 2 is 1.66 bits per heavy atom. The lowest BCUT2D eigenvalue weighted by atomic mass is 10.0. The van der Waals surface area contributed by atoms with Crippen LogP contribution in [0.4, 0.5) is 5.69 Å². The molecule has 1 fully saturated rings. The maximum Gasteiger partial charge on any atom is 0.255 e. The Hall–Kier alpha value is -2.74. The van der Waals surface area contributed by atoms with E-state index in [1.807, 2.05) is 0 Å². The second kappa shape index (κ2) is 9.81. The van der Waals surface area contributed by atoms with Gasteiger partial charge in [-0.05, 0) is 56.2 Å². The summed E-state index contributed by atoms with van der Waals surface area (Å²) in [5.74, 6) is -1.32. The van der Waals surface area contributed by atoms with Gasteiger partial charge in [0.15, 0.2) is 0 Å². The van der Waals surface area contributed by atoms with E-state index in [-0.39, 0.29) is 32.8 Å². The predicted molar refractivity (Wildman–Crippen MR) is 125 cm³/mol. The summed E-state index contributed by atoms with van der Waals surface area (Å²) in [5, 5.41) is 0.122. The lowest BCUT2D eigenvalue weighted by Gasteiger charge is -2.27. The van der Waals surface area contributed by atoms with Gasteiger partial charge in [-0.2, -0.15) is 0 Å². The smallest absolute Gasteiger partial charge is 0.255 e. The molecule has 1 aliphatic heterocycles. The zero-order chi connectivity index (χ0) is 23.6. The number of hydrogen-bond donors (Lipinski definition) is 1. The van der Waals surface area contributed by atoms with Crippen LogP contribution in [0, 0.1) is 13.8 Å². The average Bonchev–Trinajstić information content (AvgIpc) is 2.76. The number of carbonyl (C=O) groups is 3. The van der Waals surface area contributed by atoms with Crippen molar-refractivity contribution in [1.29, 1.82) is 0 Å². The molecule has 32 heavy (non-hydrogen) atoms. The highest BCUT2D eigenvalue weighted by atomic mass is 35.5. The summed E-state index contributed by atoms with van der Waals surface area (Å²) < 4.78 is 5.28. The van der Waals surface area contributed by atoms with E-state index in [2.05, 4.69) is 4.99 Å². The zero-order valence-electron chi connectivity index (χ0n) is 18.0. The lowest BCUT2D eigenvalue weighted by molar-refractivity contribution is 0.0303. The van der Waals surface area contributed by atoms with Crippen LogP contribution in [-0.4, -0.2) is 54.5 Å². The van der Waals surface area contributed by atoms with Crippen molar-refractivity contribution in [3.8, 4) is 0 Å². The van der Waals surface area contributed by atoms with E-state index in [0.717, 1.165) is 0 Å². The quantitative estimate of drug-likeness (QED) is 0.517. The summed E-state index contributed by atoms with van der Waals surface area (Å²) in [6, 6.07) is 6.24. The minimum atomic E-state index is -0.542. The summed E-state index contributed by atoms with van der Waals surface area (Å²) in [6.07, 6.45) is 0. The summed E-state index contributed by atoms with van der Waals surface area (Å²) >= 11 is 12.8. The molecule has 0 bridgehead atoms. The van der Waals surface area contributed by atoms with Gasteiger partial charge >= 0.3 is 0 Å². The van der Waals surface area contributed by atoms with Crippen molar-refractivity contribution in [2.24, 2.45) is 10.7 Å². The van der Waals surface area contributed by atoms with E-state index in [1.165, 1.54) is 12.1 Å². The molecule has 0 atom stereocenters. The molecular weight excluding hydrogens is 453 g/mol. The summed E-state index contributed by atoms with van der Waals surface area (Å²) in [6.45, 7) is 6.88. The first-order chi connectivity index (χ1) is 15.1. The van der Waals surface area contributed by atoms with Crippen LogP contribution in [0.2, 0.25) is 10.0 Å². The summed E-state index contributed by atoms with van der Waals surface area (Å²) in [5.41, 5.74) is 8.03. The number of hydrogen-bond acceptors (Lipinski definition) is 5. The number of carbonyl (C=O) groups excluding carboxylic acids is 3. The fraction of sp³-hybridized carbons (Fsp3) is 0.304. The minimum absolute atomic E-state index is 0.00828. The second-order valence-corrected chi connectivity index (χ2v) is 8.32. The molecule has 2 aromatic rings. The number of aryl methyl sites for hydroxylation is 2. The highest BCUT2D eigenvalue weighted by molar-refractivity contribution is 6.53. The van der Waals surface area contributed by atoms with Crippen LogP contribution >= 0.6 is 23.2 Å². The third-order valence-electron chi connectivity index (χ3n) is 5.23. The van der Waals surface area contributed by atoms with E-state index in [0.29, 0.717) is 48.7 Å². The lowest BCUT2D eigenvalue weighted by Crippen LogP contribution is -2.40. The van der Waals surface area contributed by atoms with Crippen molar-refractivity contribution >= 4 is 52.2 Å². The Balaban J connectivity index is 1.98. The topological polar surface area (TPSA) is 102 Å². The number of primary amides is 1. The van der Waals surface area contributed by atoms with Crippen LogP contribution in [0.25, 0.3) is 0 Å². The molecule has 1 saturated heterocycles. The highest BCUT2D eigenvalue weighted by Crippen LogP contribution is 2.31. The molecule has 0 aromatic heterocycles. The molecule has 168 valence electrons. The van der Waals surface area contributed by atoms with Gasteiger partial charge in [0.05, 0.1) is 45.8 Å². The van der Waals surface area contributed by atoms with Crippen LogP contribution in [-0.2, 0) is 4.74 Å². The number of nitrogens with two attached hydrogens (primary N) is 1. The van der Waals surface area contributed by atoms with Gasteiger partial charge in [0.25, 0.3) is 5.91 Å². The number of benzene rings is 2. The van der Waals surface area contributed by atoms with E-state index < -0.39 is 11.7 Å². The number of morpholine rings is 1. The van der Waals surface area contributed by atoms with Crippen molar-refractivity contribution < 1.29 is 19.1 Å². The first kappa shape index (κ1) is 23.9. The van der Waals surface area contributed by atoms with Gasteiger partial charge in [-0.15, -0.1) is 0 Å². The van der Waals surface area contributed by atoms with Gasteiger partial charge in [0, 0.05) is 18.7 Å². The minimum Gasteiger partial charge on any atom is -0.378 e. The molecule has 2 N–H and O–H groups in total. The maximum atomic E-state index is 13.2. The maximum absolute atomic E-state index is 13.2. The van der Waals surface area contributed by atoms with Crippen LogP contribution in [0.5, 0.6) is 0 Å². The summed E-state index contributed by atoms with van der Waals surface area (Å²) in [7, 11) is 0. The van der Waals surface area contributed by atoms with Gasteiger partial charge in [-0.3, -0.25) is 14.4 Å². The molecule has 0 unspecified atom stereocenters. The van der Waals surface area contributed by atoms with Crippen LogP contribution in [0.1, 0.15) is 49.1 Å². The van der Waals surface area contributed by atoms with E-state index in [4.69, 9.17) is 33.7 Å². The molecule has 1 aliphatic rings. The highest BCUT2D eigenvalue weighted by Gasteiger charge is 2.26. The van der Waals surface area contributed by atoms with Crippen LogP contribution < -0.4 is 5.73 Å². The number of rotatable bonds is 5.